The second kappa shape index (κ2) is 7.86. The van der Waals surface area contributed by atoms with E-state index in [1.807, 2.05) is 19.1 Å². The Bertz CT molecular complexity index is 850. The third-order valence-corrected chi connectivity index (χ3v) is 6.09. The molecule has 0 aliphatic carbocycles. The van der Waals surface area contributed by atoms with Gasteiger partial charge >= 0.3 is 6.03 Å². The van der Waals surface area contributed by atoms with E-state index < -0.39 is 15.9 Å². The van der Waals surface area contributed by atoms with Crippen LogP contribution in [-0.4, -0.2) is 58.7 Å². The second-order valence-corrected chi connectivity index (χ2v) is 8.52. The summed E-state index contributed by atoms with van der Waals surface area (Å²) in [5, 5.41) is 7.10. The molecular weight excluding hydrogens is 354 g/mol. The first-order valence-electron chi connectivity index (χ1n) is 8.64. The highest BCUT2D eigenvalue weighted by Gasteiger charge is 2.35. The van der Waals surface area contributed by atoms with Crippen LogP contribution in [0.1, 0.15) is 24.1 Å². The van der Waals surface area contributed by atoms with Gasteiger partial charge in [-0.15, -0.1) is 0 Å². The average Bonchev–Trinajstić information content (AvgIpc) is 3.11. The molecule has 0 unspecified atom stereocenters. The normalized spacial score (nSPS) is 19.3. The van der Waals surface area contributed by atoms with Crippen LogP contribution >= 0.6 is 0 Å². The molecule has 0 saturated carbocycles. The van der Waals surface area contributed by atoms with Gasteiger partial charge in [0, 0.05) is 43.8 Å². The van der Waals surface area contributed by atoms with Gasteiger partial charge in [-0.25, -0.2) is 13.2 Å². The minimum absolute atomic E-state index is 0.0125. The van der Waals surface area contributed by atoms with Crippen molar-refractivity contribution in [1.29, 1.82) is 0 Å². The Kier molecular flexibility index (Phi) is 5.55. The molecule has 2 aromatic heterocycles. The van der Waals surface area contributed by atoms with Gasteiger partial charge in [-0.05, 0) is 25.0 Å². The minimum Gasteiger partial charge on any atom is -0.338 e. The highest BCUT2D eigenvalue weighted by atomic mass is 32.2. The summed E-state index contributed by atoms with van der Waals surface area (Å²) in [5.41, 5.74) is 1.78. The van der Waals surface area contributed by atoms with Gasteiger partial charge in [-0.3, -0.25) is 9.67 Å². The van der Waals surface area contributed by atoms with E-state index >= 15 is 0 Å². The van der Waals surface area contributed by atoms with Gasteiger partial charge in [0.15, 0.2) is 9.84 Å². The lowest BCUT2D eigenvalue weighted by Crippen LogP contribution is -2.50. The van der Waals surface area contributed by atoms with Crippen molar-refractivity contribution in [2.75, 3.05) is 24.6 Å². The van der Waals surface area contributed by atoms with E-state index in [2.05, 4.69) is 15.4 Å². The van der Waals surface area contributed by atoms with Crippen molar-refractivity contribution < 1.29 is 13.2 Å². The molecule has 0 spiro atoms. The highest BCUT2D eigenvalue weighted by Crippen LogP contribution is 2.26. The number of hydrogen-bond acceptors (Lipinski definition) is 5. The summed E-state index contributed by atoms with van der Waals surface area (Å²) < 4.78 is 25.9. The van der Waals surface area contributed by atoms with E-state index in [0.717, 1.165) is 11.1 Å². The van der Waals surface area contributed by atoms with E-state index in [1.54, 1.807) is 34.4 Å². The van der Waals surface area contributed by atoms with Crippen molar-refractivity contribution in [3.63, 3.8) is 0 Å². The number of rotatable bonds is 5. The van der Waals surface area contributed by atoms with Crippen LogP contribution in [0.15, 0.2) is 36.9 Å². The summed E-state index contributed by atoms with van der Waals surface area (Å²) in [6.07, 6.45) is 7.59. The molecule has 1 saturated heterocycles. The van der Waals surface area contributed by atoms with Crippen LogP contribution in [0, 0.1) is 0 Å². The maximum Gasteiger partial charge on any atom is 0.317 e. The predicted molar refractivity (Wildman–Crippen MR) is 97.3 cm³/mol. The van der Waals surface area contributed by atoms with Gasteiger partial charge in [0.05, 0.1) is 23.7 Å². The number of urea groups is 1. The molecule has 1 aliphatic heterocycles. The van der Waals surface area contributed by atoms with Gasteiger partial charge in [-0.2, -0.15) is 5.10 Å². The first-order chi connectivity index (χ1) is 12.5. The number of amides is 2. The van der Waals surface area contributed by atoms with Gasteiger partial charge in [-0.1, -0.05) is 6.07 Å². The molecule has 9 heteroatoms. The molecule has 3 heterocycles. The maximum absolute atomic E-state index is 12.6. The Morgan fingerprint density at radius 1 is 1.38 bits per heavy atom. The zero-order chi connectivity index (χ0) is 18.6. The number of hydrogen-bond donors (Lipinski definition) is 1. The number of aromatic nitrogens is 3. The van der Waals surface area contributed by atoms with E-state index in [9.17, 15) is 13.2 Å². The van der Waals surface area contributed by atoms with Crippen molar-refractivity contribution in [2.45, 2.75) is 25.9 Å². The third-order valence-electron chi connectivity index (χ3n) is 4.47. The Morgan fingerprint density at radius 3 is 2.92 bits per heavy atom. The molecule has 0 radical (unpaired) electrons. The molecule has 1 atom stereocenters. The zero-order valence-electron chi connectivity index (χ0n) is 14.7. The fourth-order valence-corrected chi connectivity index (χ4v) is 4.51. The number of pyridine rings is 1. The van der Waals surface area contributed by atoms with E-state index in [4.69, 9.17) is 0 Å². The van der Waals surface area contributed by atoms with Crippen LogP contribution in [0.25, 0.3) is 0 Å². The van der Waals surface area contributed by atoms with Crippen molar-refractivity contribution in [1.82, 2.24) is 25.0 Å². The number of nitrogens with one attached hydrogen (secondary N) is 1. The monoisotopic (exact) mass is 377 g/mol. The molecule has 1 fully saturated rings. The standard InChI is InChI=1S/C17H23N5O3S/c1-2-21-12-15(11-20-21)16-13-26(24,25)9-8-22(16)17(23)19-7-5-14-4-3-6-18-10-14/h3-4,6,10-12,16H,2,5,7-9,13H2,1H3,(H,19,23)/t16-/m1/s1. The van der Waals surface area contributed by atoms with Crippen LogP contribution in [0.4, 0.5) is 4.79 Å². The minimum atomic E-state index is -3.17. The maximum atomic E-state index is 12.6. The SMILES string of the molecule is CCn1cc([C@H]2CS(=O)(=O)CCN2C(=O)NCCc2cccnc2)cn1. The molecule has 0 bridgehead atoms. The molecule has 2 amide bonds. The molecule has 140 valence electrons. The Hall–Kier alpha value is -2.42. The quantitative estimate of drug-likeness (QED) is 0.839. The van der Waals surface area contributed by atoms with Gasteiger partial charge in [0.25, 0.3) is 0 Å². The smallest absolute Gasteiger partial charge is 0.317 e. The van der Waals surface area contributed by atoms with Gasteiger partial charge in [0.2, 0.25) is 0 Å². The van der Waals surface area contributed by atoms with Crippen LogP contribution in [-0.2, 0) is 22.8 Å². The highest BCUT2D eigenvalue weighted by molar-refractivity contribution is 7.91. The lowest BCUT2D eigenvalue weighted by molar-refractivity contribution is 0.181. The summed E-state index contributed by atoms with van der Waals surface area (Å²) in [4.78, 5) is 18.3. The Morgan fingerprint density at radius 2 is 2.23 bits per heavy atom. The van der Waals surface area contributed by atoms with Crippen LogP contribution < -0.4 is 5.32 Å². The van der Waals surface area contributed by atoms with E-state index in [0.29, 0.717) is 19.5 Å². The Labute approximate surface area is 153 Å². The summed E-state index contributed by atoms with van der Waals surface area (Å²) >= 11 is 0. The fraction of sp³-hybridized carbons (Fsp3) is 0.471. The second-order valence-electron chi connectivity index (χ2n) is 6.30. The molecule has 26 heavy (non-hydrogen) atoms. The zero-order valence-corrected chi connectivity index (χ0v) is 15.5. The third kappa shape index (κ3) is 4.40. The van der Waals surface area contributed by atoms with Gasteiger partial charge < -0.3 is 10.2 Å². The number of aryl methyl sites for hydroxylation is 1. The number of nitrogens with zero attached hydrogens (tertiary/aromatic N) is 4. The first kappa shape index (κ1) is 18.4. The molecule has 0 aromatic carbocycles. The molecule has 8 nitrogen and oxygen atoms in total. The molecule has 1 aliphatic rings. The fourth-order valence-electron chi connectivity index (χ4n) is 3.01. The molecule has 2 aromatic rings. The van der Waals surface area contributed by atoms with Crippen molar-refractivity contribution in [3.8, 4) is 0 Å². The summed E-state index contributed by atoms with van der Waals surface area (Å²) in [5.74, 6) is -0.0835. The largest absolute Gasteiger partial charge is 0.338 e. The topological polar surface area (TPSA) is 97.2 Å². The molecule has 3 rings (SSSR count). The van der Waals surface area contributed by atoms with E-state index in [-0.39, 0.29) is 24.1 Å². The Balaban J connectivity index is 1.67. The molecule has 1 N–H and O–H groups in total. The number of carbonyl (C=O) groups is 1. The van der Waals surface area contributed by atoms with Crippen molar-refractivity contribution in [2.24, 2.45) is 0 Å². The van der Waals surface area contributed by atoms with E-state index in [1.165, 1.54) is 0 Å². The number of sulfone groups is 1. The lowest BCUT2D eigenvalue weighted by atomic mass is 10.1. The summed E-state index contributed by atoms with van der Waals surface area (Å²) in [7, 11) is -3.17. The van der Waals surface area contributed by atoms with Gasteiger partial charge in [0.1, 0.15) is 0 Å². The van der Waals surface area contributed by atoms with Crippen molar-refractivity contribution >= 4 is 15.9 Å². The average molecular weight is 377 g/mol. The summed E-state index contributed by atoms with van der Waals surface area (Å²) in [6, 6.07) is 3.05. The van der Waals surface area contributed by atoms with Crippen LogP contribution in [0.2, 0.25) is 0 Å². The first-order valence-corrected chi connectivity index (χ1v) is 10.5. The molecular formula is C17H23N5O3S. The predicted octanol–water partition coefficient (Wildman–Crippen LogP) is 1.02. The van der Waals surface area contributed by atoms with Crippen LogP contribution in [0.3, 0.4) is 0 Å². The number of carbonyl (C=O) groups excluding carboxylic acids is 1. The summed E-state index contributed by atoms with van der Waals surface area (Å²) in [6.45, 7) is 3.30. The van der Waals surface area contributed by atoms with Crippen LogP contribution in [0.5, 0.6) is 0 Å². The lowest BCUT2D eigenvalue weighted by Gasteiger charge is -2.35. The van der Waals surface area contributed by atoms with Crippen molar-refractivity contribution in [3.05, 3.63) is 48.0 Å².